The highest BCUT2D eigenvalue weighted by atomic mass is 28.4. The quantitative estimate of drug-likeness (QED) is 0.463. The van der Waals surface area contributed by atoms with Gasteiger partial charge in [-0.05, 0) is 30.1 Å². The number of hydrogen-bond acceptors (Lipinski definition) is 5. The summed E-state index contributed by atoms with van der Waals surface area (Å²) in [7, 11) is -2.01. The number of rotatable bonds is 7. The molecule has 5 nitrogen and oxygen atoms in total. The van der Waals surface area contributed by atoms with Gasteiger partial charge in [0.05, 0.1) is 24.9 Å². The maximum absolute atomic E-state index is 6.87. The molecule has 1 aliphatic carbocycles. The summed E-state index contributed by atoms with van der Waals surface area (Å²) in [5.41, 5.74) is 5.45. The van der Waals surface area contributed by atoms with Gasteiger partial charge in [-0.25, -0.2) is 0 Å². The van der Waals surface area contributed by atoms with E-state index in [2.05, 4.69) is 51.5 Å². The van der Waals surface area contributed by atoms with Gasteiger partial charge in [-0.2, -0.15) is 5.48 Å². The molecule has 0 spiro atoms. The average Bonchev–Trinajstić information content (AvgIpc) is 3.28. The summed E-state index contributed by atoms with van der Waals surface area (Å²) in [4.78, 5) is 5.89. The monoisotopic (exact) mass is 441 g/mol. The standard InChI is InChI=1S/C25H35NO4Si/c1-25(2,3)31(4,5)30-22-20(26-27-17-18-12-8-6-9-13-18)16-21-23(22)29-24(28-21)19-14-10-7-11-15-19/h6-15,20-24,26H,16-17H2,1-5H3/t20-,21-,22+,23-,24-/m1/s1. The minimum absolute atomic E-state index is 0.0159. The van der Waals surface area contributed by atoms with Gasteiger partial charge in [0.25, 0.3) is 0 Å². The van der Waals surface area contributed by atoms with Crippen LogP contribution in [-0.2, 0) is 25.3 Å². The van der Waals surface area contributed by atoms with Crippen LogP contribution in [0, 0.1) is 0 Å². The normalized spacial score (nSPS) is 28.6. The SMILES string of the molecule is CC(C)(C)[Si](C)(C)O[C@@H]1[C@@H]2O[C@H](c3ccccc3)O[C@@H]2C[C@H]1NOCc1ccccc1. The van der Waals surface area contributed by atoms with Gasteiger partial charge in [0.1, 0.15) is 6.10 Å². The highest BCUT2D eigenvalue weighted by Gasteiger charge is 2.54. The van der Waals surface area contributed by atoms with Crippen molar-refractivity contribution in [3.05, 3.63) is 71.8 Å². The number of fused-ring (bicyclic) bond motifs is 1. The molecule has 0 unspecified atom stereocenters. The Balaban J connectivity index is 1.46. The van der Waals surface area contributed by atoms with Crippen LogP contribution in [0.15, 0.2) is 60.7 Å². The van der Waals surface area contributed by atoms with Gasteiger partial charge in [-0.15, -0.1) is 0 Å². The van der Waals surface area contributed by atoms with Gasteiger partial charge >= 0.3 is 0 Å². The van der Waals surface area contributed by atoms with Crippen molar-refractivity contribution in [3.8, 4) is 0 Å². The number of nitrogens with one attached hydrogen (secondary N) is 1. The molecule has 2 aromatic rings. The first kappa shape index (κ1) is 22.6. The van der Waals surface area contributed by atoms with E-state index < -0.39 is 8.32 Å². The van der Waals surface area contributed by atoms with Gasteiger partial charge in [0.15, 0.2) is 14.6 Å². The highest BCUT2D eigenvalue weighted by molar-refractivity contribution is 6.74. The topological polar surface area (TPSA) is 49.0 Å². The summed E-state index contributed by atoms with van der Waals surface area (Å²) in [6, 6.07) is 20.3. The lowest BCUT2D eigenvalue weighted by Gasteiger charge is -2.40. The third-order valence-corrected chi connectivity index (χ3v) is 11.3. The first-order chi connectivity index (χ1) is 14.7. The smallest absolute Gasteiger partial charge is 0.192 e. The van der Waals surface area contributed by atoms with Gasteiger partial charge in [-0.3, -0.25) is 4.84 Å². The minimum Gasteiger partial charge on any atom is -0.409 e. The molecule has 1 heterocycles. The van der Waals surface area contributed by atoms with Crippen LogP contribution in [0.5, 0.6) is 0 Å². The second-order valence-electron chi connectivity index (χ2n) is 10.1. The van der Waals surface area contributed by atoms with Crippen molar-refractivity contribution in [2.75, 3.05) is 0 Å². The zero-order valence-electron chi connectivity index (χ0n) is 19.2. The van der Waals surface area contributed by atoms with Crippen molar-refractivity contribution in [2.24, 2.45) is 0 Å². The van der Waals surface area contributed by atoms with E-state index in [4.69, 9.17) is 18.7 Å². The van der Waals surface area contributed by atoms with E-state index >= 15 is 0 Å². The van der Waals surface area contributed by atoms with Crippen LogP contribution in [0.3, 0.4) is 0 Å². The van der Waals surface area contributed by atoms with Gasteiger partial charge in [-0.1, -0.05) is 81.4 Å². The zero-order valence-corrected chi connectivity index (χ0v) is 20.2. The molecule has 2 aliphatic rings. The second kappa shape index (κ2) is 9.14. The van der Waals surface area contributed by atoms with Crippen LogP contribution < -0.4 is 5.48 Å². The molecular formula is C25H35NO4Si. The molecule has 6 heteroatoms. The van der Waals surface area contributed by atoms with E-state index in [1.807, 2.05) is 48.5 Å². The van der Waals surface area contributed by atoms with Crippen molar-refractivity contribution >= 4 is 8.32 Å². The molecule has 0 aromatic heterocycles. The number of ether oxygens (including phenoxy) is 2. The molecule has 1 saturated carbocycles. The van der Waals surface area contributed by atoms with E-state index in [1.165, 1.54) is 0 Å². The maximum atomic E-state index is 6.87. The molecule has 1 saturated heterocycles. The Morgan fingerprint density at radius 3 is 2.26 bits per heavy atom. The Kier molecular flexibility index (Phi) is 6.67. The van der Waals surface area contributed by atoms with Crippen LogP contribution >= 0.6 is 0 Å². The van der Waals surface area contributed by atoms with Crippen LogP contribution in [0.1, 0.15) is 44.6 Å². The van der Waals surface area contributed by atoms with E-state index in [0.717, 1.165) is 17.5 Å². The van der Waals surface area contributed by atoms with Crippen molar-refractivity contribution in [1.82, 2.24) is 5.48 Å². The molecule has 1 aliphatic heterocycles. The molecule has 31 heavy (non-hydrogen) atoms. The summed E-state index contributed by atoms with van der Waals surface area (Å²) in [6.45, 7) is 11.9. The van der Waals surface area contributed by atoms with E-state index in [0.29, 0.717) is 6.61 Å². The fraction of sp³-hybridized carbons (Fsp3) is 0.520. The first-order valence-electron chi connectivity index (χ1n) is 11.2. The Morgan fingerprint density at radius 2 is 1.61 bits per heavy atom. The highest BCUT2D eigenvalue weighted by Crippen LogP contribution is 2.45. The van der Waals surface area contributed by atoms with Crippen molar-refractivity contribution in [2.45, 2.75) is 82.6 Å². The molecular weight excluding hydrogens is 406 g/mol. The summed E-state index contributed by atoms with van der Waals surface area (Å²) in [5.74, 6) is 0. The predicted octanol–water partition coefficient (Wildman–Crippen LogP) is 5.35. The predicted molar refractivity (Wildman–Crippen MR) is 124 cm³/mol. The molecule has 0 radical (unpaired) electrons. The number of benzene rings is 2. The molecule has 4 rings (SSSR count). The molecule has 2 aromatic carbocycles. The summed E-state index contributed by atoms with van der Waals surface area (Å²) in [6.07, 6.45) is 0.209. The third kappa shape index (κ3) is 5.11. The average molecular weight is 442 g/mol. The second-order valence-corrected chi connectivity index (χ2v) is 14.9. The van der Waals surface area contributed by atoms with E-state index in [9.17, 15) is 0 Å². The first-order valence-corrected chi connectivity index (χ1v) is 14.1. The lowest BCUT2D eigenvalue weighted by molar-refractivity contribution is -0.109. The van der Waals surface area contributed by atoms with Crippen LogP contribution in [0.4, 0.5) is 0 Å². The van der Waals surface area contributed by atoms with Crippen molar-refractivity contribution < 1.29 is 18.7 Å². The maximum Gasteiger partial charge on any atom is 0.192 e. The van der Waals surface area contributed by atoms with Crippen molar-refractivity contribution in [1.29, 1.82) is 0 Å². The lowest BCUT2D eigenvalue weighted by Crippen LogP contribution is -2.52. The molecule has 5 atom stereocenters. The largest absolute Gasteiger partial charge is 0.409 e. The Labute approximate surface area is 187 Å². The zero-order chi connectivity index (χ0) is 22.1. The van der Waals surface area contributed by atoms with Crippen LogP contribution in [0.25, 0.3) is 0 Å². The van der Waals surface area contributed by atoms with Crippen LogP contribution in [-0.4, -0.2) is 32.7 Å². The molecule has 1 N–H and O–H groups in total. The molecule has 2 fully saturated rings. The van der Waals surface area contributed by atoms with Gasteiger partial charge in [0.2, 0.25) is 0 Å². The summed E-state index contributed by atoms with van der Waals surface area (Å²) in [5, 5.41) is 0.110. The van der Waals surface area contributed by atoms with Gasteiger partial charge < -0.3 is 13.9 Å². The Morgan fingerprint density at radius 1 is 0.968 bits per heavy atom. The van der Waals surface area contributed by atoms with Gasteiger partial charge in [0, 0.05) is 5.56 Å². The van der Waals surface area contributed by atoms with Crippen LogP contribution in [0.2, 0.25) is 18.1 Å². The molecule has 0 bridgehead atoms. The number of hydroxylamine groups is 1. The fourth-order valence-corrected chi connectivity index (χ4v) is 5.28. The fourth-order valence-electron chi connectivity index (χ4n) is 3.95. The van der Waals surface area contributed by atoms with E-state index in [1.54, 1.807) is 0 Å². The third-order valence-electron chi connectivity index (χ3n) is 6.78. The Bertz CT molecular complexity index is 840. The molecule has 0 amide bonds. The van der Waals surface area contributed by atoms with Crippen molar-refractivity contribution in [3.63, 3.8) is 0 Å². The summed E-state index contributed by atoms with van der Waals surface area (Å²) >= 11 is 0. The summed E-state index contributed by atoms with van der Waals surface area (Å²) < 4.78 is 19.6. The lowest BCUT2D eigenvalue weighted by atomic mass is 10.2. The minimum atomic E-state index is -2.01. The van der Waals surface area contributed by atoms with E-state index in [-0.39, 0.29) is 35.7 Å². The Hall–Kier alpha value is -1.54. The molecule has 168 valence electrons. The number of hydrogen-bond donors (Lipinski definition) is 1.